The molecule has 0 unspecified atom stereocenters. The lowest BCUT2D eigenvalue weighted by atomic mass is 11.0. The molecule has 49 heavy (non-hydrogen) atoms. The summed E-state index contributed by atoms with van der Waals surface area (Å²) in [6, 6.07) is 0. The lowest BCUT2D eigenvalue weighted by Gasteiger charge is -2.03. The fourth-order valence-electron chi connectivity index (χ4n) is 1.49. The van der Waals surface area contributed by atoms with Crippen molar-refractivity contribution in [3.63, 3.8) is 0 Å². The molecule has 0 atom stereocenters. The first-order chi connectivity index (χ1) is 24.4. The van der Waals surface area contributed by atoms with Crippen molar-refractivity contribution in [2.45, 2.75) is 6.92 Å². The maximum atomic E-state index is 4.10. The number of thioether (sulfide) groups is 1. The number of thiol groups is 1. The minimum atomic E-state index is 1.15. The monoisotopic (exact) mass is 1260 g/mol. The molecule has 0 saturated carbocycles. The predicted molar refractivity (Wildman–Crippen MR) is 328 cm³/mol. The third-order valence-electron chi connectivity index (χ3n) is 2.99. The predicted octanol–water partition coefficient (Wildman–Crippen LogP) is 21.7. The minimum Gasteiger partial charge on any atom is -0.150 e. The Kier molecular flexibility index (Phi) is 72.7. The number of rotatable bonds is 46. The van der Waals surface area contributed by atoms with Crippen molar-refractivity contribution in [3.8, 4) is 0 Å². The second kappa shape index (κ2) is 59.2. The normalized spacial score (nSPS) is 11.6. The molecule has 0 rings (SSSR count). The van der Waals surface area contributed by atoms with E-state index in [2.05, 4.69) is 18.6 Å². The van der Waals surface area contributed by atoms with Crippen LogP contribution in [0.3, 0.4) is 0 Å². The summed E-state index contributed by atoms with van der Waals surface area (Å²) >= 11 is 6.11. The Morgan fingerprint density at radius 3 is 0.878 bits per heavy atom. The Morgan fingerprint density at radius 2 is 0.531 bits per heavy atom. The molecule has 0 aliphatic heterocycles. The quantitative estimate of drug-likeness (QED) is 0.0266. The average Bonchev–Trinajstić information content (AvgIpc) is 3.11. The molecule has 0 heterocycles. The van der Waals surface area contributed by atoms with Crippen LogP contribution >= 0.6 is 339 Å². The van der Waals surface area contributed by atoms with Crippen molar-refractivity contribution in [2.24, 2.45) is 0 Å². The Bertz CT molecular complexity index is 522. The van der Waals surface area contributed by atoms with Crippen LogP contribution in [0.5, 0.6) is 0 Å². The van der Waals surface area contributed by atoms with Crippen molar-refractivity contribution in [1.29, 1.82) is 0 Å². The van der Waals surface area contributed by atoms with E-state index in [4.69, 9.17) is 0 Å². The molecule has 0 nitrogen and oxygen atoms in total. The van der Waals surface area contributed by atoms with Gasteiger partial charge >= 0.3 is 0 Å². The van der Waals surface area contributed by atoms with Gasteiger partial charge in [0.1, 0.15) is 0 Å². The molecule has 0 saturated heterocycles. The Labute approximate surface area is 424 Å². The van der Waals surface area contributed by atoms with Gasteiger partial charge in [-0.1, -0.05) is 245 Å². The van der Waals surface area contributed by atoms with Gasteiger partial charge in [0, 0.05) is 46.0 Å². The van der Waals surface area contributed by atoms with E-state index in [1.165, 1.54) is 92.1 Å². The van der Waals surface area contributed by atoms with Crippen molar-refractivity contribution in [3.05, 3.63) is 0 Å². The van der Waals surface area contributed by atoms with E-state index < -0.39 is 0 Å². The fraction of sp³-hybridized carbons (Fsp3) is 1.00. The van der Waals surface area contributed by atoms with Crippen LogP contribution in [0.4, 0.5) is 0 Å². The van der Waals surface area contributed by atoms with E-state index in [-0.39, 0.29) is 0 Å². The first-order valence-corrected chi connectivity index (χ1v) is 52.8. The van der Waals surface area contributed by atoms with Gasteiger partial charge in [-0.25, -0.2) is 0 Å². The van der Waals surface area contributed by atoms with Crippen LogP contribution in [-0.4, -0.2) is 87.4 Å². The topological polar surface area (TPSA) is 0 Å². The molecular formula is C17H36S32. The average molecular weight is 1270 g/mol. The van der Waals surface area contributed by atoms with Crippen LogP contribution in [0.25, 0.3) is 0 Å². The molecule has 296 valence electrons. The largest absolute Gasteiger partial charge is 0.150 e. The van der Waals surface area contributed by atoms with Crippen molar-refractivity contribution >= 4 is 339 Å². The van der Waals surface area contributed by atoms with Gasteiger partial charge in [0.05, 0.1) is 35.6 Å². The summed E-state index contributed by atoms with van der Waals surface area (Å²) in [6.45, 7) is 2.22. The van der Waals surface area contributed by atoms with E-state index in [0.29, 0.717) is 0 Å². The van der Waals surface area contributed by atoms with Gasteiger partial charge in [-0.15, -0.1) is 0 Å². The molecule has 0 fully saturated rings. The summed E-state index contributed by atoms with van der Waals surface area (Å²) in [6.07, 6.45) is 0. The Balaban J connectivity index is 3.04. The molecule has 0 spiro atoms. The highest BCUT2D eigenvalue weighted by atomic mass is 34.0. The molecule has 32 heteroatoms. The molecule has 0 bridgehead atoms. The van der Waals surface area contributed by atoms with Gasteiger partial charge in [0.2, 0.25) is 0 Å². The zero-order chi connectivity index (χ0) is 35.2. The lowest BCUT2D eigenvalue weighted by molar-refractivity contribution is 1.53. The summed E-state index contributed by atoms with van der Waals surface area (Å²) in [4.78, 5) is 0. The molecule has 0 radical (unpaired) electrons. The minimum absolute atomic E-state index is 1.15. The van der Waals surface area contributed by atoms with Crippen LogP contribution in [0.1, 0.15) is 6.92 Å². The standard InChI is InChI=1S/C17H36S32/c1-2-19-11-36-43-44-39-16-34-26-9-5-22-30-12-28-20-3-7-24-32-14-37-42-38-15-33-25-8-4-21-29-13-31-23-6-10-27-35-17-40-45-47-49-48-46-41-18/h18H,2-17H2,1H3. The first kappa shape index (κ1) is 60.2. The SMILES string of the molecule is CCSCSSSSCSSCCSSCSSCCSSCSSSCSSCCSSCSSCCSSCSSSSSSSS. The summed E-state index contributed by atoms with van der Waals surface area (Å²) in [5, 5.41) is 8.23. The Hall–Kier alpha value is 11.2. The highest BCUT2D eigenvalue weighted by molar-refractivity contribution is 9.48. The second-order valence-corrected chi connectivity index (χ2v) is 52.8. The number of hydrogen-bond acceptors (Lipinski definition) is 32. The Morgan fingerprint density at radius 1 is 0.265 bits per heavy atom. The van der Waals surface area contributed by atoms with Crippen LogP contribution in [0, 0.1) is 0 Å². The number of hydrogen-bond donors (Lipinski definition) is 1. The van der Waals surface area contributed by atoms with E-state index in [0.717, 1.165) is 5.08 Å². The maximum Gasteiger partial charge on any atom is 0.0608 e. The summed E-state index contributed by atoms with van der Waals surface area (Å²) in [5.74, 6) is 11.1. The fourth-order valence-corrected chi connectivity index (χ4v) is 55.1. The van der Waals surface area contributed by atoms with Crippen molar-refractivity contribution in [1.82, 2.24) is 0 Å². The second-order valence-electron chi connectivity index (χ2n) is 6.04. The van der Waals surface area contributed by atoms with Crippen molar-refractivity contribution < 1.29 is 0 Å². The first-order valence-electron chi connectivity index (χ1n) is 12.7. The summed E-state index contributed by atoms with van der Waals surface area (Å²) in [7, 11) is 58.4. The summed E-state index contributed by atoms with van der Waals surface area (Å²) < 4.78 is 0. The van der Waals surface area contributed by atoms with Gasteiger partial charge in [-0.05, 0) is 94.2 Å². The molecule has 0 aromatic heterocycles. The third-order valence-corrected chi connectivity index (χ3v) is 53.5. The van der Waals surface area contributed by atoms with Crippen LogP contribution in [-0.2, 0) is 0 Å². The maximum absolute atomic E-state index is 4.10. The molecule has 0 aromatic carbocycles. The van der Waals surface area contributed by atoms with E-state index in [1.54, 1.807) is 19.7 Å². The van der Waals surface area contributed by atoms with E-state index in [1.807, 2.05) is 297 Å². The van der Waals surface area contributed by atoms with Gasteiger partial charge in [-0.2, -0.15) is 11.8 Å². The summed E-state index contributed by atoms with van der Waals surface area (Å²) in [5.41, 5.74) is 0. The molecule has 0 aliphatic carbocycles. The molecular weight excluding hydrogens is 1230 g/mol. The van der Waals surface area contributed by atoms with Gasteiger partial charge in [0.25, 0.3) is 0 Å². The highest BCUT2D eigenvalue weighted by Crippen LogP contribution is 2.56. The third kappa shape index (κ3) is 59.2. The molecule has 0 amide bonds. The van der Waals surface area contributed by atoms with Gasteiger partial charge in [-0.3, -0.25) is 0 Å². The molecule has 0 aliphatic rings. The van der Waals surface area contributed by atoms with Crippen LogP contribution in [0.2, 0.25) is 0 Å². The van der Waals surface area contributed by atoms with Gasteiger partial charge < -0.3 is 0 Å². The van der Waals surface area contributed by atoms with Crippen LogP contribution < -0.4 is 0 Å². The zero-order valence-corrected chi connectivity index (χ0v) is 51.6. The lowest BCUT2D eigenvalue weighted by Crippen LogP contribution is -1.80. The van der Waals surface area contributed by atoms with Crippen LogP contribution in [0.15, 0.2) is 0 Å². The van der Waals surface area contributed by atoms with E-state index >= 15 is 0 Å². The van der Waals surface area contributed by atoms with E-state index in [9.17, 15) is 0 Å². The zero-order valence-electron chi connectivity index (χ0n) is 25.4. The smallest absolute Gasteiger partial charge is 0.0608 e. The highest BCUT2D eigenvalue weighted by Gasteiger charge is 2.01. The molecule has 0 N–H and O–H groups in total. The van der Waals surface area contributed by atoms with Gasteiger partial charge in [0.15, 0.2) is 0 Å². The molecule has 0 aromatic rings. The van der Waals surface area contributed by atoms with Crippen molar-refractivity contribution in [2.75, 3.05) is 87.4 Å².